The fourth-order valence-corrected chi connectivity index (χ4v) is 7.80. The minimum absolute atomic E-state index is 0.171. The summed E-state index contributed by atoms with van der Waals surface area (Å²) in [7, 11) is -4.62. The molecule has 0 amide bonds. The van der Waals surface area contributed by atoms with Gasteiger partial charge in [0.2, 0.25) is 0 Å². The van der Waals surface area contributed by atoms with Gasteiger partial charge in [-0.05, 0) is 38.5 Å². The number of esters is 2. The van der Waals surface area contributed by atoms with Crippen molar-refractivity contribution in [2.75, 3.05) is 26.4 Å². The van der Waals surface area contributed by atoms with Crippen LogP contribution >= 0.6 is 7.82 Å². The molecule has 3 unspecified atom stereocenters. The van der Waals surface area contributed by atoms with Crippen molar-refractivity contribution in [2.45, 2.75) is 251 Å². The fourth-order valence-electron chi connectivity index (χ4n) is 7.01. The predicted molar refractivity (Wildman–Crippen MR) is 247 cm³/mol. The summed E-state index contributed by atoms with van der Waals surface area (Å²) in [5.41, 5.74) is 0. The van der Waals surface area contributed by atoms with Crippen molar-refractivity contribution in [1.82, 2.24) is 0 Å². The van der Waals surface area contributed by atoms with Crippen LogP contribution < -0.4 is 0 Å². The quantitative estimate of drug-likeness (QED) is 0.0233. The van der Waals surface area contributed by atoms with Crippen LogP contribution in [0.1, 0.15) is 239 Å². The molecule has 3 atom stereocenters. The van der Waals surface area contributed by atoms with Gasteiger partial charge in [0.05, 0.1) is 19.8 Å². The van der Waals surface area contributed by atoms with Crippen molar-refractivity contribution in [2.24, 2.45) is 0 Å². The maximum absolute atomic E-state index is 12.6. The van der Waals surface area contributed by atoms with Crippen molar-refractivity contribution < 1.29 is 47.8 Å². The van der Waals surface area contributed by atoms with Crippen LogP contribution in [0.5, 0.6) is 0 Å². The fraction of sp³-hybridized carbons (Fsp3) is 0.878. The van der Waals surface area contributed by atoms with Gasteiger partial charge in [-0.1, -0.05) is 212 Å². The highest BCUT2D eigenvalue weighted by Gasteiger charge is 2.27. The second kappa shape index (κ2) is 45.5. The number of allylic oxidation sites excluding steroid dienone is 4. The number of ether oxygens (including phenoxy) is 2. The summed E-state index contributed by atoms with van der Waals surface area (Å²) in [5, 5.41) is 18.4. The highest BCUT2D eigenvalue weighted by Crippen LogP contribution is 2.43. The van der Waals surface area contributed by atoms with E-state index in [4.69, 9.17) is 23.6 Å². The molecule has 0 bridgehead atoms. The Bertz CT molecular complexity index is 1050. The van der Waals surface area contributed by atoms with Crippen molar-refractivity contribution in [3.63, 3.8) is 0 Å². The Morgan fingerprint density at radius 1 is 0.500 bits per heavy atom. The van der Waals surface area contributed by atoms with E-state index in [1.807, 2.05) is 0 Å². The molecule has 354 valence electrons. The number of unbranched alkanes of at least 4 members (excludes halogenated alkanes) is 29. The number of aliphatic hydroxyl groups excluding tert-OH is 2. The summed E-state index contributed by atoms with van der Waals surface area (Å²) in [5.74, 6) is -0.930. The highest BCUT2D eigenvalue weighted by atomic mass is 31.2. The molecule has 0 aliphatic heterocycles. The largest absolute Gasteiger partial charge is 0.472 e. The molecule has 0 spiro atoms. The first kappa shape index (κ1) is 58.5. The van der Waals surface area contributed by atoms with E-state index in [9.17, 15) is 24.2 Å². The molecule has 10 nitrogen and oxygen atoms in total. The third-order valence-corrected chi connectivity index (χ3v) is 11.8. The molecule has 0 aromatic carbocycles. The third kappa shape index (κ3) is 44.5. The molecular weight excluding hydrogens is 780 g/mol. The van der Waals surface area contributed by atoms with Crippen molar-refractivity contribution in [1.29, 1.82) is 0 Å². The summed E-state index contributed by atoms with van der Waals surface area (Å²) < 4.78 is 32.8. The average Bonchev–Trinajstić information content (AvgIpc) is 3.24. The molecule has 0 heterocycles. The van der Waals surface area contributed by atoms with Crippen LogP contribution in [0.25, 0.3) is 0 Å². The number of phosphoric ester groups is 1. The Morgan fingerprint density at radius 2 is 0.883 bits per heavy atom. The average molecular weight is 873 g/mol. The highest BCUT2D eigenvalue weighted by molar-refractivity contribution is 7.47. The molecule has 0 aliphatic carbocycles. The molecular formula is C49H93O10P. The maximum atomic E-state index is 12.6. The summed E-state index contributed by atoms with van der Waals surface area (Å²) in [6.45, 7) is 2.36. The van der Waals surface area contributed by atoms with E-state index in [0.717, 1.165) is 64.2 Å². The van der Waals surface area contributed by atoms with Crippen molar-refractivity contribution in [3.8, 4) is 0 Å². The molecule has 0 saturated carbocycles. The number of carbonyl (C=O) groups excluding carboxylic acids is 2. The number of rotatable bonds is 47. The number of carbonyl (C=O) groups is 2. The van der Waals surface area contributed by atoms with E-state index in [0.29, 0.717) is 12.8 Å². The molecule has 3 N–H and O–H groups in total. The van der Waals surface area contributed by atoms with Gasteiger partial charge in [0.1, 0.15) is 12.7 Å². The maximum Gasteiger partial charge on any atom is 0.472 e. The molecule has 0 aromatic heterocycles. The second-order valence-corrected chi connectivity index (χ2v) is 18.3. The van der Waals surface area contributed by atoms with Crippen LogP contribution in [0.2, 0.25) is 0 Å². The van der Waals surface area contributed by atoms with Gasteiger partial charge in [-0.2, -0.15) is 0 Å². The zero-order valence-electron chi connectivity index (χ0n) is 38.7. The Morgan fingerprint density at radius 3 is 1.33 bits per heavy atom. The van der Waals surface area contributed by atoms with Gasteiger partial charge in [-0.3, -0.25) is 18.6 Å². The Labute approximate surface area is 368 Å². The summed E-state index contributed by atoms with van der Waals surface area (Å²) >= 11 is 0. The Kier molecular flexibility index (Phi) is 44.3. The predicted octanol–water partition coefficient (Wildman–Crippen LogP) is 13.7. The van der Waals surface area contributed by atoms with Crippen molar-refractivity contribution in [3.05, 3.63) is 24.3 Å². The van der Waals surface area contributed by atoms with Gasteiger partial charge < -0.3 is 24.6 Å². The third-order valence-electron chi connectivity index (χ3n) is 10.9. The number of hydrogen-bond acceptors (Lipinski definition) is 9. The zero-order chi connectivity index (χ0) is 44.0. The lowest BCUT2D eigenvalue weighted by atomic mass is 10.0. The molecule has 0 saturated heterocycles. The summed E-state index contributed by atoms with van der Waals surface area (Å²) in [6, 6.07) is 0. The van der Waals surface area contributed by atoms with E-state index >= 15 is 0 Å². The first-order valence-corrected chi connectivity index (χ1v) is 26.3. The number of aliphatic hydroxyl groups is 2. The minimum Gasteiger partial charge on any atom is -0.462 e. The van der Waals surface area contributed by atoms with Crippen molar-refractivity contribution >= 4 is 19.8 Å². The van der Waals surface area contributed by atoms with E-state index in [-0.39, 0.29) is 19.4 Å². The Balaban J connectivity index is 4.12. The minimum atomic E-state index is -4.62. The lowest BCUT2D eigenvalue weighted by Crippen LogP contribution is -2.29. The van der Waals surface area contributed by atoms with Gasteiger partial charge in [0, 0.05) is 12.8 Å². The van der Waals surface area contributed by atoms with E-state index < -0.39 is 51.8 Å². The van der Waals surface area contributed by atoms with E-state index in [1.165, 1.54) is 135 Å². The molecule has 0 rings (SSSR count). The zero-order valence-corrected chi connectivity index (χ0v) is 39.6. The van der Waals surface area contributed by atoms with Crippen LogP contribution in [0.4, 0.5) is 0 Å². The van der Waals surface area contributed by atoms with E-state index in [1.54, 1.807) is 0 Å². The summed E-state index contributed by atoms with van der Waals surface area (Å²) in [6.07, 6.45) is 47.3. The molecule has 11 heteroatoms. The van der Waals surface area contributed by atoms with Gasteiger partial charge in [0.15, 0.2) is 6.10 Å². The van der Waals surface area contributed by atoms with E-state index in [2.05, 4.69) is 38.2 Å². The normalized spacial score (nSPS) is 13.9. The van der Waals surface area contributed by atoms with Crippen LogP contribution in [-0.2, 0) is 32.7 Å². The smallest absolute Gasteiger partial charge is 0.462 e. The summed E-state index contributed by atoms with van der Waals surface area (Å²) in [4.78, 5) is 35.1. The number of hydrogen-bond donors (Lipinski definition) is 3. The van der Waals surface area contributed by atoms with Gasteiger partial charge in [-0.15, -0.1) is 0 Å². The van der Waals surface area contributed by atoms with Gasteiger partial charge >= 0.3 is 19.8 Å². The molecule has 0 aromatic rings. The molecule has 0 radical (unpaired) electrons. The van der Waals surface area contributed by atoms with Gasteiger partial charge in [-0.25, -0.2) is 4.57 Å². The SMILES string of the molecule is CCCC/C=C\C/C=C\CCCCCCCC(=O)OC(COC(=O)CCCCCCCCCCCCCCCCCCCCCCCCC)COP(=O)(O)OCC(O)CO. The van der Waals surface area contributed by atoms with Crippen LogP contribution in [-0.4, -0.2) is 65.7 Å². The Hall–Kier alpha value is -1.55. The van der Waals surface area contributed by atoms with Crippen LogP contribution in [0.15, 0.2) is 24.3 Å². The molecule has 60 heavy (non-hydrogen) atoms. The molecule has 0 aliphatic rings. The lowest BCUT2D eigenvalue weighted by molar-refractivity contribution is -0.161. The van der Waals surface area contributed by atoms with Crippen LogP contribution in [0, 0.1) is 0 Å². The second-order valence-electron chi connectivity index (χ2n) is 16.8. The standard InChI is InChI=1S/C49H93O10P/c1-3-5-7-9-11-13-15-17-19-20-21-22-23-24-25-26-27-29-30-32-34-36-38-40-48(52)56-44-47(45-58-60(54,55)57-43-46(51)42-50)59-49(53)41-39-37-35-33-31-28-18-16-14-12-10-8-6-4-2/h10,12,16,18,46-47,50-51H,3-9,11,13-15,17,19-45H2,1-2H3,(H,54,55)/b12-10-,18-16-. The van der Waals surface area contributed by atoms with Gasteiger partial charge in [0.25, 0.3) is 0 Å². The lowest BCUT2D eigenvalue weighted by Gasteiger charge is -2.20. The van der Waals surface area contributed by atoms with Crippen LogP contribution in [0.3, 0.4) is 0 Å². The number of phosphoric acid groups is 1. The first-order valence-electron chi connectivity index (χ1n) is 24.8. The molecule has 0 fully saturated rings. The first-order chi connectivity index (χ1) is 29.2. The monoisotopic (exact) mass is 873 g/mol. The topological polar surface area (TPSA) is 149 Å².